The van der Waals surface area contributed by atoms with Gasteiger partial charge in [0.15, 0.2) is 0 Å². The molecule has 2 atom stereocenters. The van der Waals surface area contributed by atoms with Gasteiger partial charge < -0.3 is 4.90 Å². The van der Waals surface area contributed by atoms with E-state index in [1.165, 1.54) is 0 Å². The zero-order valence-corrected chi connectivity index (χ0v) is 20.9. The number of amides is 2. The highest BCUT2D eigenvalue weighted by Crippen LogP contribution is 2.41. The smallest absolute Gasteiger partial charge is 0.254 e. The lowest BCUT2D eigenvalue weighted by Gasteiger charge is -2.31. The summed E-state index contributed by atoms with van der Waals surface area (Å²) in [6, 6.07) is 7.86. The number of hydrogen-bond donors (Lipinski definition) is 0. The Morgan fingerprint density at radius 1 is 1.06 bits per heavy atom. The van der Waals surface area contributed by atoms with Crippen molar-refractivity contribution in [3.05, 3.63) is 47.2 Å². The van der Waals surface area contributed by atoms with Gasteiger partial charge in [-0.2, -0.15) is 0 Å². The fourth-order valence-electron chi connectivity index (χ4n) is 4.87. The van der Waals surface area contributed by atoms with Gasteiger partial charge >= 0.3 is 0 Å². The maximum Gasteiger partial charge on any atom is 0.254 e. The summed E-state index contributed by atoms with van der Waals surface area (Å²) in [7, 11) is -3.74. The molecule has 176 valence electrons. The molecule has 0 saturated carbocycles. The van der Waals surface area contributed by atoms with Crippen LogP contribution in [0, 0.1) is 11.8 Å². The molecule has 32 heavy (non-hydrogen) atoms. The van der Waals surface area contributed by atoms with E-state index < -0.39 is 27.9 Å². The lowest BCUT2D eigenvalue weighted by Crippen LogP contribution is -2.43. The second-order valence-electron chi connectivity index (χ2n) is 9.72. The van der Waals surface area contributed by atoms with E-state index in [1.54, 1.807) is 11.0 Å². The van der Waals surface area contributed by atoms with Crippen molar-refractivity contribution in [3.8, 4) is 0 Å². The number of hydrogen-bond acceptors (Lipinski definition) is 5. The maximum atomic E-state index is 13.4. The van der Waals surface area contributed by atoms with Crippen molar-refractivity contribution in [3.63, 3.8) is 0 Å². The Morgan fingerprint density at radius 3 is 2.09 bits per heavy atom. The predicted octanol–water partition coefficient (Wildman–Crippen LogP) is 3.09. The van der Waals surface area contributed by atoms with E-state index >= 15 is 0 Å². The van der Waals surface area contributed by atoms with E-state index in [4.69, 9.17) is 0 Å². The minimum absolute atomic E-state index is 0.100. The Kier molecular flexibility index (Phi) is 6.86. The molecule has 2 heterocycles. The number of rotatable bonds is 7. The largest absolute Gasteiger partial charge is 0.325 e. The standard InChI is InChI=1S/C24H35N3O4S/c1-15(2)21-22-20(27(24(21)29)32(7,30)31)12-13-25(22)23(28)19-10-8-18(9-11-19)14-26(16(3)4)17(5)6/h8-12,15-17,21-22H,13-14H2,1-7H3/t21-,22+/m1/s1. The number of nitrogens with zero attached hydrogens (tertiary/aromatic N) is 3. The third kappa shape index (κ3) is 4.48. The van der Waals surface area contributed by atoms with E-state index in [0.29, 0.717) is 23.3 Å². The van der Waals surface area contributed by atoms with Crippen LogP contribution in [0.15, 0.2) is 36.0 Å². The van der Waals surface area contributed by atoms with Crippen molar-refractivity contribution in [2.24, 2.45) is 11.8 Å². The SMILES string of the molecule is CC(C)[C@H]1C(=O)N(S(C)(=O)=O)C2=CCN(C(=O)c3ccc(CN(C(C)C)C(C)C)cc3)[C@@H]21. The van der Waals surface area contributed by atoms with Crippen LogP contribution < -0.4 is 0 Å². The Bertz CT molecular complexity index is 1000. The molecule has 0 spiro atoms. The Morgan fingerprint density at radius 2 is 1.62 bits per heavy atom. The van der Waals surface area contributed by atoms with Gasteiger partial charge in [-0.3, -0.25) is 14.5 Å². The Balaban J connectivity index is 1.84. The molecule has 1 aromatic rings. The van der Waals surface area contributed by atoms with Crippen molar-refractivity contribution >= 4 is 21.8 Å². The van der Waals surface area contributed by atoms with Crippen LogP contribution in [0.3, 0.4) is 0 Å². The number of benzene rings is 1. The van der Waals surface area contributed by atoms with E-state index in [-0.39, 0.29) is 18.4 Å². The summed E-state index contributed by atoms with van der Waals surface area (Å²) in [5.41, 5.74) is 2.08. The van der Waals surface area contributed by atoms with Gasteiger partial charge in [0.05, 0.1) is 23.9 Å². The van der Waals surface area contributed by atoms with Crippen LogP contribution in [0.4, 0.5) is 0 Å². The molecule has 1 fully saturated rings. The number of sulfonamides is 1. The molecule has 0 aromatic heterocycles. The quantitative estimate of drug-likeness (QED) is 0.624. The van der Waals surface area contributed by atoms with Crippen molar-refractivity contribution in [2.75, 3.05) is 12.8 Å². The van der Waals surface area contributed by atoms with Crippen molar-refractivity contribution in [1.82, 2.24) is 14.1 Å². The number of fused-ring (bicyclic) bond motifs is 1. The lowest BCUT2D eigenvalue weighted by molar-refractivity contribution is -0.128. The van der Waals surface area contributed by atoms with Gasteiger partial charge in [-0.15, -0.1) is 0 Å². The molecule has 0 radical (unpaired) electrons. The molecule has 0 aliphatic carbocycles. The van der Waals surface area contributed by atoms with Crippen LogP contribution in [-0.2, 0) is 21.4 Å². The van der Waals surface area contributed by atoms with Crippen molar-refractivity contribution in [1.29, 1.82) is 0 Å². The third-order valence-corrected chi connectivity index (χ3v) is 7.45. The lowest BCUT2D eigenvalue weighted by atomic mass is 9.89. The van der Waals surface area contributed by atoms with Crippen LogP contribution in [0.25, 0.3) is 0 Å². The molecule has 0 N–H and O–H groups in total. The molecule has 8 heteroatoms. The van der Waals surface area contributed by atoms with Crippen LogP contribution in [0.2, 0.25) is 0 Å². The summed E-state index contributed by atoms with van der Waals surface area (Å²) in [5, 5.41) is 0. The molecule has 2 aliphatic heterocycles. The second kappa shape index (κ2) is 8.98. The molecule has 1 aromatic carbocycles. The van der Waals surface area contributed by atoms with E-state index in [2.05, 4.69) is 32.6 Å². The van der Waals surface area contributed by atoms with Crippen LogP contribution in [0.1, 0.15) is 57.5 Å². The Labute approximate surface area is 192 Å². The first-order chi connectivity index (χ1) is 14.8. The first-order valence-corrected chi connectivity index (χ1v) is 13.1. The average Bonchev–Trinajstić information content (AvgIpc) is 3.21. The van der Waals surface area contributed by atoms with E-state index in [9.17, 15) is 18.0 Å². The second-order valence-corrected chi connectivity index (χ2v) is 11.6. The molecule has 2 amide bonds. The van der Waals surface area contributed by atoms with Gasteiger partial charge in [-0.25, -0.2) is 12.7 Å². The zero-order valence-electron chi connectivity index (χ0n) is 20.1. The van der Waals surface area contributed by atoms with Gasteiger partial charge in [0.25, 0.3) is 5.91 Å². The molecule has 2 aliphatic rings. The summed E-state index contributed by atoms with van der Waals surface area (Å²) in [6.45, 7) is 13.5. The van der Waals surface area contributed by atoms with E-state index in [1.807, 2.05) is 38.1 Å². The topological polar surface area (TPSA) is 78.0 Å². The van der Waals surface area contributed by atoms with Gasteiger partial charge in [0.1, 0.15) is 0 Å². The molecule has 1 saturated heterocycles. The zero-order chi connectivity index (χ0) is 24.0. The molecular formula is C24H35N3O4S. The van der Waals surface area contributed by atoms with Crippen molar-refractivity contribution < 1.29 is 18.0 Å². The first-order valence-electron chi connectivity index (χ1n) is 11.2. The maximum absolute atomic E-state index is 13.4. The summed E-state index contributed by atoms with van der Waals surface area (Å²) >= 11 is 0. The molecule has 0 bridgehead atoms. The monoisotopic (exact) mass is 461 g/mol. The minimum Gasteiger partial charge on any atom is -0.325 e. The van der Waals surface area contributed by atoms with Gasteiger partial charge in [-0.1, -0.05) is 26.0 Å². The summed E-state index contributed by atoms with van der Waals surface area (Å²) in [4.78, 5) is 30.3. The number of carbonyl (C=O) groups is 2. The van der Waals surface area contributed by atoms with Crippen molar-refractivity contribution in [2.45, 2.75) is 66.2 Å². The highest BCUT2D eigenvalue weighted by Gasteiger charge is 2.54. The predicted molar refractivity (Wildman–Crippen MR) is 125 cm³/mol. The first kappa shape index (κ1) is 24.5. The molecule has 7 nitrogen and oxygen atoms in total. The molecule has 3 rings (SSSR count). The molecular weight excluding hydrogens is 426 g/mol. The van der Waals surface area contributed by atoms with Gasteiger partial charge in [-0.05, 0) is 57.4 Å². The van der Waals surface area contributed by atoms with Crippen LogP contribution in [-0.4, -0.2) is 65.3 Å². The Hall–Kier alpha value is -2.19. The minimum atomic E-state index is -3.74. The summed E-state index contributed by atoms with van der Waals surface area (Å²) in [6.07, 6.45) is 2.73. The number of carbonyl (C=O) groups excluding carboxylic acids is 2. The van der Waals surface area contributed by atoms with Gasteiger partial charge in [0.2, 0.25) is 15.9 Å². The summed E-state index contributed by atoms with van der Waals surface area (Å²) < 4.78 is 25.5. The normalized spacial score (nSPS) is 21.3. The fraction of sp³-hybridized carbons (Fsp3) is 0.583. The van der Waals surface area contributed by atoms with Crippen LogP contribution in [0.5, 0.6) is 0 Å². The summed E-state index contributed by atoms with van der Waals surface area (Å²) in [5.74, 6) is -1.32. The molecule has 0 unspecified atom stereocenters. The average molecular weight is 462 g/mol. The fourth-order valence-corrected chi connectivity index (χ4v) is 5.88. The van der Waals surface area contributed by atoms with Crippen LogP contribution >= 0.6 is 0 Å². The third-order valence-electron chi connectivity index (χ3n) is 6.40. The highest BCUT2D eigenvalue weighted by molar-refractivity contribution is 7.89. The van der Waals surface area contributed by atoms with E-state index in [0.717, 1.165) is 22.7 Å². The highest BCUT2D eigenvalue weighted by atomic mass is 32.2. The van der Waals surface area contributed by atoms with Gasteiger partial charge in [0, 0.05) is 30.7 Å².